The molecule has 0 spiro atoms. The Labute approximate surface area is 139 Å². The maximum atomic E-state index is 12.8. The molecule has 2 aromatic rings. The standard InChI is InChI=1S/C14H13BrClF2N3O/c1-7-3-4-9(16)5-10(7)19-11(22)6-21-8(2)12(15)13(20-21)14(17)18/h3-5,14H,6H2,1-2H3,(H,19,22). The molecule has 0 atom stereocenters. The Morgan fingerprint density at radius 3 is 2.73 bits per heavy atom. The molecular weight excluding hydrogens is 380 g/mol. The Morgan fingerprint density at radius 1 is 1.45 bits per heavy atom. The van der Waals surface area contributed by atoms with E-state index in [4.69, 9.17) is 11.6 Å². The van der Waals surface area contributed by atoms with E-state index in [2.05, 4.69) is 26.3 Å². The van der Waals surface area contributed by atoms with Crippen LogP contribution < -0.4 is 5.32 Å². The first-order valence-corrected chi connectivity index (χ1v) is 7.53. The molecule has 0 aliphatic rings. The van der Waals surface area contributed by atoms with E-state index in [1.165, 1.54) is 4.68 Å². The van der Waals surface area contributed by atoms with Crippen molar-refractivity contribution in [3.63, 3.8) is 0 Å². The Bertz CT molecular complexity index is 718. The molecular formula is C14H13BrClF2N3O. The molecule has 0 bridgehead atoms. The molecule has 0 unspecified atom stereocenters. The van der Waals surface area contributed by atoms with E-state index in [0.29, 0.717) is 16.4 Å². The van der Waals surface area contributed by atoms with E-state index in [-0.39, 0.29) is 22.6 Å². The number of hydrogen-bond donors (Lipinski definition) is 1. The Morgan fingerprint density at radius 2 is 2.14 bits per heavy atom. The van der Waals surface area contributed by atoms with Crippen LogP contribution in [0.5, 0.6) is 0 Å². The van der Waals surface area contributed by atoms with Crippen LogP contribution >= 0.6 is 27.5 Å². The summed E-state index contributed by atoms with van der Waals surface area (Å²) in [4.78, 5) is 12.1. The summed E-state index contributed by atoms with van der Waals surface area (Å²) in [5, 5.41) is 6.96. The number of halogens is 4. The van der Waals surface area contributed by atoms with E-state index in [0.717, 1.165) is 5.56 Å². The maximum absolute atomic E-state index is 12.8. The third kappa shape index (κ3) is 3.64. The summed E-state index contributed by atoms with van der Waals surface area (Å²) >= 11 is 8.95. The van der Waals surface area contributed by atoms with Gasteiger partial charge in [0.1, 0.15) is 12.2 Å². The van der Waals surface area contributed by atoms with E-state index >= 15 is 0 Å². The molecule has 0 aliphatic carbocycles. The molecule has 1 heterocycles. The van der Waals surface area contributed by atoms with Gasteiger partial charge in [-0.1, -0.05) is 17.7 Å². The number of aryl methyl sites for hydroxylation is 1. The summed E-state index contributed by atoms with van der Waals surface area (Å²) in [5.41, 5.74) is 1.53. The van der Waals surface area contributed by atoms with Gasteiger partial charge in [-0.3, -0.25) is 9.48 Å². The predicted octanol–water partition coefficient (Wildman–Crippen LogP) is 4.49. The van der Waals surface area contributed by atoms with Crippen molar-refractivity contribution in [3.8, 4) is 0 Å². The zero-order valence-electron chi connectivity index (χ0n) is 11.8. The van der Waals surface area contributed by atoms with E-state index < -0.39 is 6.43 Å². The van der Waals surface area contributed by atoms with Crippen LogP contribution in [0.15, 0.2) is 22.7 Å². The van der Waals surface area contributed by atoms with E-state index in [1.807, 2.05) is 6.92 Å². The number of benzene rings is 1. The van der Waals surface area contributed by atoms with Crippen LogP contribution in [-0.2, 0) is 11.3 Å². The van der Waals surface area contributed by atoms with Gasteiger partial charge in [0.15, 0.2) is 0 Å². The average molecular weight is 393 g/mol. The first kappa shape index (κ1) is 16.9. The van der Waals surface area contributed by atoms with Crippen LogP contribution in [0.4, 0.5) is 14.5 Å². The van der Waals surface area contributed by atoms with Crippen LogP contribution in [0.25, 0.3) is 0 Å². The second kappa shape index (κ2) is 6.75. The van der Waals surface area contributed by atoms with E-state index in [1.54, 1.807) is 25.1 Å². The van der Waals surface area contributed by atoms with Gasteiger partial charge in [0.05, 0.1) is 10.2 Å². The van der Waals surface area contributed by atoms with Gasteiger partial charge >= 0.3 is 0 Å². The molecule has 1 amide bonds. The fourth-order valence-corrected chi connectivity index (χ4v) is 2.52. The van der Waals surface area contributed by atoms with Gasteiger partial charge in [-0.2, -0.15) is 5.10 Å². The molecule has 0 saturated carbocycles. The van der Waals surface area contributed by atoms with E-state index in [9.17, 15) is 13.6 Å². The van der Waals surface area contributed by atoms with Gasteiger partial charge in [0.2, 0.25) is 5.91 Å². The normalized spacial score (nSPS) is 11.0. The molecule has 0 fully saturated rings. The number of alkyl halides is 2. The fourth-order valence-electron chi connectivity index (χ4n) is 1.90. The summed E-state index contributed by atoms with van der Waals surface area (Å²) in [7, 11) is 0. The number of carbonyl (C=O) groups excluding carboxylic acids is 1. The summed E-state index contributed by atoms with van der Waals surface area (Å²) < 4.78 is 27.0. The highest BCUT2D eigenvalue weighted by Crippen LogP contribution is 2.29. The number of rotatable bonds is 4. The highest BCUT2D eigenvalue weighted by atomic mass is 79.9. The van der Waals surface area contributed by atoms with Crippen molar-refractivity contribution < 1.29 is 13.6 Å². The third-order valence-corrected chi connectivity index (χ3v) is 4.35. The molecule has 2 rings (SSSR count). The fraction of sp³-hybridized carbons (Fsp3) is 0.286. The maximum Gasteiger partial charge on any atom is 0.283 e. The van der Waals surface area contributed by atoms with Gasteiger partial charge in [-0.15, -0.1) is 0 Å². The molecule has 0 radical (unpaired) electrons. The minimum absolute atomic E-state index is 0.164. The average Bonchev–Trinajstić information content (AvgIpc) is 2.71. The zero-order valence-corrected chi connectivity index (χ0v) is 14.2. The number of carbonyl (C=O) groups is 1. The quantitative estimate of drug-likeness (QED) is 0.833. The van der Waals surface area contributed by atoms with Crippen molar-refractivity contribution in [2.45, 2.75) is 26.8 Å². The van der Waals surface area contributed by atoms with Gasteiger partial charge in [-0.25, -0.2) is 8.78 Å². The van der Waals surface area contributed by atoms with Crippen LogP contribution in [-0.4, -0.2) is 15.7 Å². The largest absolute Gasteiger partial charge is 0.324 e. The summed E-state index contributed by atoms with van der Waals surface area (Å²) in [6.07, 6.45) is -2.70. The Hall–Kier alpha value is -1.47. The zero-order chi connectivity index (χ0) is 16.4. The lowest BCUT2D eigenvalue weighted by Gasteiger charge is -2.09. The Balaban J connectivity index is 2.16. The van der Waals surface area contributed by atoms with Gasteiger partial charge in [0, 0.05) is 10.7 Å². The lowest BCUT2D eigenvalue weighted by molar-refractivity contribution is -0.117. The number of hydrogen-bond acceptors (Lipinski definition) is 2. The van der Waals surface area contributed by atoms with Crippen LogP contribution in [0.3, 0.4) is 0 Å². The third-order valence-electron chi connectivity index (χ3n) is 3.13. The molecule has 1 aromatic heterocycles. The number of nitrogens with zero attached hydrogens (tertiary/aromatic N) is 2. The van der Waals surface area contributed by atoms with Crippen molar-refractivity contribution >= 4 is 39.1 Å². The number of anilines is 1. The molecule has 1 N–H and O–H groups in total. The summed E-state index contributed by atoms with van der Waals surface area (Å²) in [5.74, 6) is -0.371. The molecule has 118 valence electrons. The summed E-state index contributed by atoms with van der Waals surface area (Å²) in [6.45, 7) is 3.28. The second-order valence-electron chi connectivity index (χ2n) is 4.75. The van der Waals surface area contributed by atoms with Crippen molar-refractivity contribution in [1.29, 1.82) is 0 Å². The molecule has 0 aliphatic heterocycles. The Kier molecular flexibility index (Phi) is 5.18. The second-order valence-corrected chi connectivity index (χ2v) is 5.98. The lowest BCUT2D eigenvalue weighted by atomic mass is 10.2. The number of amides is 1. The minimum Gasteiger partial charge on any atom is -0.324 e. The van der Waals surface area contributed by atoms with Crippen molar-refractivity contribution in [2.24, 2.45) is 0 Å². The van der Waals surface area contributed by atoms with Gasteiger partial charge < -0.3 is 5.32 Å². The van der Waals surface area contributed by atoms with Crippen molar-refractivity contribution in [3.05, 3.63) is 44.6 Å². The SMILES string of the molecule is Cc1ccc(Cl)cc1NC(=O)Cn1nc(C(F)F)c(Br)c1C. The number of aromatic nitrogens is 2. The topological polar surface area (TPSA) is 46.9 Å². The first-order chi connectivity index (χ1) is 10.3. The predicted molar refractivity (Wildman–Crippen MR) is 84.4 cm³/mol. The molecule has 1 aromatic carbocycles. The highest BCUT2D eigenvalue weighted by Gasteiger charge is 2.21. The smallest absolute Gasteiger partial charge is 0.283 e. The van der Waals surface area contributed by atoms with Gasteiger partial charge in [-0.05, 0) is 47.5 Å². The van der Waals surface area contributed by atoms with Crippen LogP contribution in [0.2, 0.25) is 5.02 Å². The van der Waals surface area contributed by atoms with Crippen LogP contribution in [0.1, 0.15) is 23.4 Å². The monoisotopic (exact) mass is 391 g/mol. The highest BCUT2D eigenvalue weighted by molar-refractivity contribution is 9.10. The minimum atomic E-state index is -2.70. The lowest BCUT2D eigenvalue weighted by Crippen LogP contribution is -2.20. The molecule has 8 heteroatoms. The molecule has 22 heavy (non-hydrogen) atoms. The summed E-state index contributed by atoms with van der Waals surface area (Å²) in [6, 6.07) is 5.13. The molecule has 4 nitrogen and oxygen atoms in total. The van der Waals surface area contributed by atoms with Crippen LogP contribution in [0, 0.1) is 13.8 Å². The number of nitrogens with one attached hydrogen (secondary N) is 1. The first-order valence-electron chi connectivity index (χ1n) is 6.36. The molecule has 0 saturated heterocycles. The van der Waals surface area contributed by atoms with Crippen molar-refractivity contribution in [1.82, 2.24) is 9.78 Å². The van der Waals surface area contributed by atoms with Crippen molar-refractivity contribution in [2.75, 3.05) is 5.32 Å². The van der Waals surface area contributed by atoms with Gasteiger partial charge in [0.25, 0.3) is 6.43 Å².